The first-order chi connectivity index (χ1) is 8.24. The summed E-state index contributed by atoms with van der Waals surface area (Å²) in [5.41, 5.74) is 8.60. The van der Waals surface area contributed by atoms with Gasteiger partial charge >= 0.3 is 0 Å². The molecule has 2 rings (SSSR count). The highest BCUT2D eigenvalue weighted by molar-refractivity contribution is 7.80. The number of ether oxygens (including phenoxy) is 1. The Bertz CT molecular complexity index is 551. The molecule has 0 unspecified atom stereocenters. The van der Waals surface area contributed by atoms with E-state index >= 15 is 0 Å². The van der Waals surface area contributed by atoms with Gasteiger partial charge in [0.15, 0.2) is 0 Å². The van der Waals surface area contributed by atoms with E-state index in [0.717, 1.165) is 22.4 Å². The molecule has 3 heteroatoms. The van der Waals surface area contributed by atoms with E-state index in [2.05, 4.69) is 0 Å². The van der Waals surface area contributed by atoms with Crippen molar-refractivity contribution in [2.24, 2.45) is 5.73 Å². The minimum absolute atomic E-state index is 0.395. The summed E-state index contributed by atoms with van der Waals surface area (Å²) in [5.74, 6) is 0.816. The largest absolute Gasteiger partial charge is 0.496 e. The number of para-hydroxylation sites is 1. The van der Waals surface area contributed by atoms with Gasteiger partial charge in [0.25, 0.3) is 0 Å². The van der Waals surface area contributed by atoms with Gasteiger partial charge in [0, 0.05) is 11.1 Å². The summed E-state index contributed by atoms with van der Waals surface area (Å²) in [4.78, 5) is 0.395. The van der Waals surface area contributed by atoms with Crippen molar-refractivity contribution >= 4 is 17.2 Å². The van der Waals surface area contributed by atoms with Crippen molar-refractivity contribution in [1.82, 2.24) is 0 Å². The van der Waals surface area contributed by atoms with E-state index in [0.29, 0.717) is 4.99 Å². The molecule has 0 radical (unpaired) electrons. The molecule has 2 aromatic carbocycles. The molecule has 0 aliphatic heterocycles. The number of thiocarbonyl (C=S) groups is 1. The fraction of sp³-hybridized carbons (Fsp3) is 0.0714. The number of nitrogens with two attached hydrogens (primary N) is 1. The van der Waals surface area contributed by atoms with Gasteiger partial charge in [-0.3, -0.25) is 0 Å². The standard InChI is InChI=1S/C14H13NOS/c1-16-13-9-5-4-7-11(13)10-6-2-3-8-12(10)14(15)17/h2-9H,1H3,(H2,15,17). The lowest BCUT2D eigenvalue weighted by Crippen LogP contribution is -2.10. The Morgan fingerprint density at radius 1 is 1.00 bits per heavy atom. The van der Waals surface area contributed by atoms with Crippen LogP contribution in [-0.2, 0) is 0 Å². The Morgan fingerprint density at radius 3 is 2.24 bits per heavy atom. The van der Waals surface area contributed by atoms with Gasteiger partial charge in [-0.15, -0.1) is 0 Å². The van der Waals surface area contributed by atoms with Crippen LogP contribution in [0, 0.1) is 0 Å². The van der Waals surface area contributed by atoms with Crippen molar-refractivity contribution in [3.05, 3.63) is 54.1 Å². The zero-order valence-corrected chi connectivity index (χ0v) is 10.3. The predicted molar refractivity (Wildman–Crippen MR) is 74.3 cm³/mol. The van der Waals surface area contributed by atoms with Crippen molar-refractivity contribution in [1.29, 1.82) is 0 Å². The number of rotatable bonds is 3. The molecular formula is C14H13NOS. The van der Waals surface area contributed by atoms with Gasteiger partial charge in [-0.1, -0.05) is 54.7 Å². The third-order valence-electron chi connectivity index (χ3n) is 2.59. The van der Waals surface area contributed by atoms with E-state index in [1.807, 2.05) is 48.5 Å². The SMILES string of the molecule is COc1ccccc1-c1ccccc1C(N)=S. The van der Waals surface area contributed by atoms with Crippen LogP contribution in [0.15, 0.2) is 48.5 Å². The van der Waals surface area contributed by atoms with Crippen LogP contribution in [0.1, 0.15) is 5.56 Å². The summed E-state index contributed by atoms with van der Waals surface area (Å²) in [5, 5.41) is 0. The van der Waals surface area contributed by atoms with Gasteiger partial charge in [0.05, 0.1) is 7.11 Å². The fourth-order valence-corrected chi connectivity index (χ4v) is 1.98. The van der Waals surface area contributed by atoms with Gasteiger partial charge in [-0.2, -0.15) is 0 Å². The second-order valence-corrected chi connectivity index (χ2v) is 4.05. The van der Waals surface area contributed by atoms with E-state index in [4.69, 9.17) is 22.7 Å². The Hall–Kier alpha value is -1.87. The molecule has 0 saturated carbocycles. The normalized spacial score (nSPS) is 9.94. The summed E-state index contributed by atoms with van der Waals surface area (Å²) >= 11 is 5.07. The van der Waals surface area contributed by atoms with Gasteiger partial charge in [0.2, 0.25) is 0 Å². The Labute approximate surface area is 106 Å². The maximum Gasteiger partial charge on any atom is 0.126 e. The molecule has 0 spiro atoms. The molecule has 0 saturated heterocycles. The van der Waals surface area contributed by atoms with E-state index in [1.165, 1.54) is 0 Å². The zero-order chi connectivity index (χ0) is 12.3. The molecule has 0 bridgehead atoms. The van der Waals surface area contributed by atoms with Gasteiger partial charge in [-0.05, 0) is 11.6 Å². The second kappa shape index (κ2) is 4.97. The van der Waals surface area contributed by atoms with Crippen LogP contribution >= 0.6 is 12.2 Å². The maximum atomic E-state index is 5.73. The van der Waals surface area contributed by atoms with E-state index < -0.39 is 0 Å². The van der Waals surface area contributed by atoms with Crippen molar-refractivity contribution in [2.75, 3.05) is 7.11 Å². The second-order valence-electron chi connectivity index (χ2n) is 3.61. The first-order valence-corrected chi connectivity index (χ1v) is 5.67. The van der Waals surface area contributed by atoms with Gasteiger partial charge < -0.3 is 10.5 Å². The maximum absolute atomic E-state index is 5.73. The third-order valence-corrected chi connectivity index (χ3v) is 2.81. The molecular weight excluding hydrogens is 230 g/mol. The van der Waals surface area contributed by atoms with Gasteiger partial charge in [-0.25, -0.2) is 0 Å². The van der Waals surface area contributed by atoms with E-state index in [1.54, 1.807) is 7.11 Å². The summed E-state index contributed by atoms with van der Waals surface area (Å²) in [6, 6.07) is 15.6. The average Bonchev–Trinajstić information content (AvgIpc) is 2.38. The molecule has 17 heavy (non-hydrogen) atoms. The molecule has 2 aromatic rings. The molecule has 86 valence electrons. The molecule has 0 aliphatic rings. The molecule has 0 fully saturated rings. The van der Waals surface area contributed by atoms with E-state index in [-0.39, 0.29) is 0 Å². The van der Waals surface area contributed by atoms with Crippen LogP contribution in [-0.4, -0.2) is 12.1 Å². The van der Waals surface area contributed by atoms with Crippen LogP contribution in [0.4, 0.5) is 0 Å². The first-order valence-electron chi connectivity index (χ1n) is 5.26. The molecule has 0 aliphatic carbocycles. The predicted octanol–water partition coefficient (Wildman–Crippen LogP) is 3.00. The van der Waals surface area contributed by atoms with Crippen molar-refractivity contribution < 1.29 is 4.74 Å². The molecule has 2 nitrogen and oxygen atoms in total. The third kappa shape index (κ3) is 2.29. The lowest BCUT2D eigenvalue weighted by atomic mass is 9.99. The Kier molecular flexibility index (Phi) is 3.40. The van der Waals surface area contributed by atoms with Crippen LogP contribution in [0.2, 0.25) is 0 Å². The topological polar surface area (TPSA) is 35.2 Å². The lowest BCUT2D eigenvalue weighted by Gasteiger charge is -2.11. The van der Waals surface area contributed by atoms with Crippen molar-refractivity contribution in [3.63, 3.8) is 0 Å². The Morgan fingerprint density at radius 2 is 1.59 bits per heavy atom. The molecule has 0 atom stereocenters. The lowest BCUT2D eigenvalue weighted by molar-refractivity contribution is 0.416. The van der Waals surface area contributed by atoms with Crippen LogP contribution in [0.5, 0.6) is 5.75 Å². The van der Waals surface area contributed by atoms with Crippen LogP contribution in [0.25, 0.3) is 11.1 Å². The highest BCUT2D eigenvalue weighted by atomic mass is 32.1. The summed E-state index contributed by atoms with van der Waals surface area (Å²) in [6.45, 7) is 0. The number of benzene rings is 2. The smallest absolute Gasteiger partial charge is 0.126 e. The summed E-state index contributed by atoms with van der Waals surface area (Å²) in [7, 11) is 1.65. The average molecular weight is 243 g/mol. The quantitative estimate of drug-likeness (QED) is 0.842. The van der Waals surface area contributed by atoms with Crippen molar-refractivity contribution in [3.8, 4) is 16.9 Å². The molecule has 0 aromatic heterocycles. The fourth-order valence-electron chi connectivity index (χ4n) is 1.80. The minimum Gasteiger partial charge on any atom is -0.496 e. The zero-order valence-electron chi connectivity index (χ0n) is 9.51. The minimum atomic E-state index is 0.395. The number of methoxy groups -OCH3 is 1. The summed E-state index contributed by atoms with van der Waals surface area (Å²) < 4.78 is 5.35. The highest BCUT2D eigenvalue weighted by Gasteiger charge is 2.10. The van der Waals surface area contributed by atoms with Crippen LogP contribution in [0.3, 0.4) is 0 Å². The Balaban J connectivity index is 2.64. The molecule has 2 N–H and O–H groups in total. The summed E-state index contributed by atoms with van der Waals surface area (Å²) in [6.07, 6.45) is 0. The van der Waals surface area contributed by atoms with Crippen molar-refractivity contribution in [2.45, 2.75) is 0 Å². The monoisotopic (exact) mass is 243 g/mol. The first kappa shape index (κ1) is 11.6. The number of hydrogen-bond acceptors (Lipinski definition) is 2. The number of hydrogen-bond donors (Lipinski definition) is 1. The van der Waals surface area contributed by atoms with Crippen LogP contribution < -0.4 is 10.5 Å². The molecule has 0 amide bonds. The van der Waals surface area contributed by atoms with E-state index in [9.17, 15) is 0 Å². The highest BCUT2D eigenvalue weighted by Crippen LogP contribution is 2.31. The van der Waals surface area contributed by atoms with Gasteiger partial charge in [0.1, 0.15) is 10.7 Å². The molecule has 0 heterocycles.